The van der Waals surface area contributed by atoms with E-state index >= 15 is 0 Å². The lowest BCUT2D eigenvalue weighted by Gasteiger charge is -2.21. The first-order valence-corrected chi connectivity index (χ1v) is 16.4. The van der Waals surface area contributed by atoms with E-state index in [0.717, 1.165) is 42.8 Å². The van der Waals surface area contributed by atoms with Gasteiger partial charge in [-0.2, -0.15) is 0 Å². The molecule has 4 aromatic rings. The number of carbonyl (C=O) groups is 1. The molecule has 0 aliphatic carbocycles. The Morgan fingerprint density at radius 2 is 1.52 bits per heavy atom. The van der Waals surface area contributed by atoms with Crippen molar-refractivity contribution in [1.29, 1.82) is 0 Å². The lowest BCUT2D eigenvalue weighted by molar-refractivity contribution is 0.103. The Hall–Kier alpha value is -3.46. The van der Waals surface area contributed by atoms with Gasteiger partial charge >= 0.3 is 0 Å². The van der Waals surface area contributed by atoms with Crippen LogP contribution in [0.2, 0.25) is 0 Å². The van der Waals surface area contributed by atoms with Gasteiger partial charge in [-0.15, -0.1) is 0 Å². The molecule has 0 radical (unpaired) electrons. The molecule has 0 fully saturated rings. The number of rotatable bonds is 16. The minimum Gasteiger partial charge on any atom is -0.494 e. The summed E-state index contributed by atoms with van der Waals surface area (Å²) in [6.45, 7) is 8.29. The fourth-order valence-electron chi connectivity index (χ4n) is 5.27. The molecule has 1 heterocycles. The number of unbranched alkanes of at least 4 members (excludes halogenated alkanes) is 2. The summed E-state index contributed by atoms with van der Waals surface area (Å²) in [4.78, 5) is 16.5. The number of nitrogens with zero attached hydrogens (tertiary/aromatic N) is 2. The standard InChI is InChI=1S/C34H43N3O4S/c1-5-7-21-37(22-8-6-2)23-12-24-41-28-17-15-27(16-18-28)34(38)33-29-25-31(26-13-10-9-11-14-26)36(4)30(29)19-20-32(33)42(39,40)35-3/h9-11,13-20,25,35H,5-8,12,21-24H2,1-4H3. The Balaban J connectivity index is 1.57. The Kier molecular flexibility index (Phi) is 11.0. The summed E-state index contributed by atoms with van der Waals surface area (Å²) in [5.41, 5.74) is 3.21. The fraction of sp³-hybridized carbons (Fsp3) is 0.382. The van der Waals surface area contributed by atoms with Crippen LogP contribution in [-0.4, -0.2) is 57.0 Å². The minimum absolute atomic E-state index is 0.0382. The maximum Gasteiger partial charge on any atom is 0.241 e. The third kappa shape index (κ3) is 7.30. The molecule has 0 bridgehead atoms. The van der Waals surface area contributed by atoms with E-state index in [0.29, 0.717) is 23.3 Å². The second-order valence-corrected chi connectivity index (χ2v) is 12.5. The van der Waals surface area contributed by atoms with Crippen LogP contribution in [0.5, 0.6) is 5.75 Å². The smallest absolute Gasteiger partial charge is 0.241 e. The first-order valence-electron chi connectivity index (χ1n) is 14.9. The average Bonchev–Trinajstić information content (AvgIpc) is 3.36. The van der Waals surface area contributed by atoms with Crippen LogP contribution in [0.3, 0.4) is 0 Å². The van der Waals surface area contributed by atoms with E-state index in [4.69, 9.17) is 4.74 Å². The molecule has 0 aliphatic heterocycles. The first-order chi connectivity index (χ1) is 20.3. The third-order valence-electron chi connectivity index (χ3n) is 7.70. The van der Waals surface area contributed by atoms with Crippen LogP contribution in [0.1, 0.15) is 61.9 Å². The summed E-state index contributed by atoms with van der Waals surface area (Å²) in [5.74, 6) is 0.334. The van der Waals surface area contributed by atoms with Crippen molar-refractivity contribution in [3.05, 3.63) is 83.9 Å². The van der Waals surface area contributed by atoms with Crippen molar-refractivity contribution in [3.8, 4) is 17.0 Å². The summed E-state index contributed by atoms with van der Waals surface area (Å²) >= 11 is 0. The summed E-state index contributed by atoms with van der Waals surface area (Å²) in [6.07, 6.45) is 5.74. The highest BCUT2D eigenvalue weighted by Crippen LogP contribution is 2.34. The number of fused-ring (bicyclic) bond motifs is 1. The summed E-state index contributed by atoms with van der Waals surface area (Å²) in [7, 11) is -0.618. The summed E-state index contributed by atoms with van der Waals surface area (Å²) in [5, 5.41) is 0.591. The van der Waals surface area contributed by atoms with Crippen LogP contribution in [-0.2, 0) is 17.1 Å². The number of hydrogen-bond donors (Lipinski definition) is 1. The molecule has 0 atom stereocenters. The molecule has 7 nitrogen and oxygen atoms in total. The molecular weight excluding hydrogens is 546 g/mol. The zero-order chi connectivity index (χ0) is 30.1. The molecule has 8 heteroatoms. The normalized spacial score (nSPS) is 11.8. The fourth-order valence-corrected chi connectivity index (χ4v) is 6.21. The number of ketones is 1. The highest BCUT2D eigenvalue weighted by molar-refractivity contribution is 7.89. The van der Waals surface area contributed by atoms with Gasteiger partial charge in [0.25, 0.3) is 0 Å². The van der Waals surface area contributed by atoms with Gasteiger partial charge in [0.15, 0.2) is 5.78 Å². The molecule has 0 aliphatic rings. The second kappa shape index (κ2) is 14.6. The van der Waals surface area contributed by atoms with E-state index in [-0.39, 0.29) is 16.2 Å². The summed E-state index contributed by atoms with van der Waals surface area (Å²) < 4.78 is 36.4. The van der Waals surface area contributed by atoms with Crippen molar-refractivity contribution in [2.75, 3.05) is 33.3 Å². The maximum atomic E-state index is 14.0. The largest absolute Gasteiger partial charge is 0.494 e. The van der Waals surface area contributed by atoms with Crippen LogP contribution in [0.4, 0.5) is 0 Å². The Morgan fingerprint density at radius 1 is 0.881 bits per heavy atom. The van der Waals surface area contributed by atoms with E-state index in [1.165, 1.54) is 38.8 Å². The molecule has 4 rings (SSSR count). The van der Waals surface area contributed by atoms with E-state index in [9.17, 15) is 13.2 Å². The van der Waals surface area contributed by atoms with Crippen LogP contribution in [0, 0.1) is 0 Å². The van der Waals surface area contributed by atoms with Gasteiger partial charge in [0.2, 0.25) is 10.0 Å². The lowest BCUT2D eigenvalue weighted by atomic mass is 9.99. The van der Waals surface area contributed by atoms with Crippen LogP contribution >= 0.6 is 0 Å². The van der Waals surface area contributed by atoms with E-state index < -0.39 is 10.0 Å². The van der Waals surface area contributed by atoms with Crippen LogP contribution in [0.15, 0.2) is 77.7 Å². The van der Waals surface area contributed by atoms with Crippen LogP contribution in [0.25, 0.3) is 22.2 Å². The van der Waals surface area contributed by atoms with Gasteiger partial charge < -0.3 is 14.2 Å². The number of ether oxygens (including phenoxy) is 1. The molecular formula is C34H43N3O4S. The van der Waals surface area contributed by atoms with Crippen molar-refractivity contribution >= 4 is 26.7 Å². The van der Waals surface area contributed by atoms with Crippen molar-refractivity contribution in [3.63, 3.8) is 0 Å². The number of carbonyl (C=O) groups excluding carboxylic acids is 1. The Labute approximate surface area is 250 Å². The molecule has 0 saturated heterocycles. The molecule has 0 unspecified atom stereocenters. The van der Waals surface area contributed by atoms with Crippen molar-refractivity contribution in [2.45, 2.75) is 50.8 Å². The SMILES string of the molecule is CCCCN(CCCC)CCCOc1ccc(C(=O)c2c(S(=O)(=O)NC)ccc3c2cc(-c2ccccc2)n3C)cc1. The number of aromatic nitrogens is 1. The molecule has 224 valence electrons. The first kappa shape index (κ1) is 31.5. The topological polar surface area (TPSA) is 80.6 Å². The van der Waals surface area contributed by atoms with E-state index in [1.54, 1.807) is 30.3 Å². The predicted molar refractivity (Wildman–Crippen MR) is 171 cm³/mol. The molecule has 3 aromatic carbocycles. The molecule has 1 N–H and O–H groups in total. The van der Waals surface area contributed by atoms with Gasteiger partial charge in [-0.1, -0.05) is 57.0 Å². The Morgan fingerprint density at radius 3 is 2.14 bits per heavy atom. The quantitative estimate of drug-likeness (QED) is 0.117. The highest BCUT2D eigenvalue weighted by Gasteiger charge is 2.26. The monoisotopic (exact) mass is 589 g/mol. The van der Waals surface area contributed by atoms with Crippen molar-refractivity contribution in [2.24, 2.45) is 7.05 Å². The lowest BCUT2D eigenvalue weighted by Crippen LogP contribution is -2.28. The van der Waals surface area contributed by atoms with Gasteiger partial charge in [0, 0.05) is 35.8 Å². The molecule has 1 aromatic heterocycles. The number of aryl methyl sites for hydroxylation is 1. The zero-order valence-electron chi connectivity index (χ0n) is 25.2. The van der Waals surface area contributed by atoms with E-state index in [1.807, 2.05) is 48.0 Å². The number of nitrogens with one attached hydrogen (secondary N) is 1. The molecule has 0 saturated carbocycles. The Bertz CT molecular complexity index is 1570. The van der Waals surface area contributed by atoms with E-state index in [2.05, 4.69) is 23.5 Å². The number of hydrogen-bond acceptors (Lipinski definition) is 5. The molecule has 0 amide bonds. The van der Waals surface area contributed by atoms with Gasteiger partial charge in [0.05, 0.1) is 17.1 Å². The molecule has 0 spiro atoms. The zero-order valence-corrected chi connectivity index (χ0v) is 26.0. The van der Waals surface area contributed by atoms with Gasteiger partial charge in [-0.05, 0) is 87.4 Å². The van der Waals surface area contributed by atoms with Gasteiger partial charge in [0.1, 0.15) is 5.75 Å². The van der Waals surface area contributed by atoms with Gasteiger partial charge in [-0.3, -0.25) is 4.79 Å². The highest BCUT2D eigenvalue weighted by atomic mass is 32.2. The second-order valence-electron chi connectivity index (χ2n) is 10.6. The maximum absolute atomic E-state index is 14.0. The predicted octanol–water partition coefficient (Wildman–Crippen LogP) is 6.66. The van der Waals surface area contributed by atoms with Crippen molar-refractivity contribution < 1.29 is 17.9 Å². The van der Waals surface area contributed by atoms with Crippen molar-refractivity contribution in [1.82, 2.24) is 14.2 Å². The minimum atomic E-state index is -3.89. The third-order valence-corrected chi connectivity index (χ3v) is 9.16. The number of benzene rings is 3. The number of sulfonamides is 1. The molecule has 42 heavy (non-hydrogen) atoms. The average molecular weight is 590 g/mol. The van der Waals surface area contributed by atoms with Crippen LogP contribution < -0.4 is 9.46 Å². The van der Waals surface area contributed by atoms with Gasteiger partial charge in [-0.25, -0.2) is 13.1 Å². The summed E-state index contributed by atoms with van der Waals surface area (Å²) in [6, 6.07) is 22.0.